The number of nitrogens with one attached hydrogen (secondary N) is 2. The van der Waals surface area contributed by atoms with Crippen molar-refractivity contribution in [1.82, 2.24) is 19.7 Å². The van der Waals surface area contributed by atoms with Gasteiger partial charge in [0.2, 0.25) is 5.95 Å². The van der Waals surface area contributed by atoms with E-state index in [4.69, 9.17) is 4.74 Å². The molecule has 132 valence electrons. The number of hydrogen-bond acceptors (Lipinski definition) is 6. The summed E-state index contributed by atoms with van der Waals surface area (Å²) in [6, 6.07) is 8.32. The summed E-state index contributed by atoms with van der Waals surface area (Å²) in [5.41, 5.74) is 3.30. The maximum Gasteiger partial charge on any atom is 0.226 e. The molecule has 0 aliphatic heterocycles. The van der Waals surface area contributed by atoms with E-state index < -0.39 is 0 Å². The van der Waals surface area contributed by atoms with Gasteiger partial charge in [0.25, 0.3) is 0 Å². The molecule has 0 atom stereocenters. The second kappa shape index (κ2) is 7.94. The fourth-order valence-corrected chi connectivity index (χ4v) is 2.64. The predicted molar refractivity (Wildman–Crippen MR) is 99.8 cm³/mol. The van der Waals surface area contributed by atoms with Gasteiger partial charge in [-0.2, -0.15) is 15.1 Å². The van der Waals surface area contributed by atoms with Crippen molar-refractivity contribution in [3.63, 3.8) is 0 Å². The van der Waals surface area contributed by atoms with E-state index in [9.17, 15) is 0 Å². The van der Waals surface area contributed by atoms with E-state index in [0.717, 1.165) is 29.8 Å². The quantitative estimate of drug-likeness (QED) is 0.614. The van der Waals surface area contributed by atoms with Crippen molar-refractivity contribution in [3.05, 3.63) is 41.6 Å². The van der Waals surface area contributed by atoms with Gasteiger partial charge in [0, 0.05) is 33.9 Å². The Morgan fingerprint density at radius 3 is 2.80 bits per heavy atom. The number of benzene rings is 1. The minimum atomic E-state index is 0.597. The highest BCUT2D eigenvalue weighted by Crippen LogP contribution is 2.22. The zero-order valence-corrected chi connectivity index (χ0v) is 14.9. The molecule has 1 aromatic carbocycles. The van der Waals surface area contributed by atoms with Gasteiger partial charge in [-0.3, -0.25) is 4.68 Å². The number of methoxy groups -OCH3 is 1. The van der Waals surface area contributed by atoms with E-state index in [1.807, 2.05) is 19.2 Å². The minimum absolute atomic E-state index is 0.597. The number of ether oxygens (including phenoxy) is 1. The van der Waals surface area contributed by atoms with Gasteiger partial charge in [-0.1, -0.05) is 24.3 Å². The Hall–Kier alpha value is -2.67. The molecule has 2 N–H and O–H groups in total. The second-order valence-corrected chi connectivity index (χ2v) is 5.95. The van der Waals surface area contributed by atoms with Crippen LogP contribution in [0.5, 0.6) is 0 Å². The standard InChI is InChI=1S/C18H24N6O/c1-13-7-4-5-8-14(13)11-20-16-15-12-21-24(2)17(15)23-18(22-16)19-9-6-10-25-3/h4-5,7-8,12H,6,9-11H2,1-3H3,(H2,19,20,22,23). The maximum atomic E-state index is 5.07. The molecular formula is C18H24N6O. The zero-order chi connectivity index (χ0) is 17.6. The molecule has 0 bridgehead atoms. The molecule has 7 heteroatoms. The lowest BCUT2D eigenvalue weighted by Crippen LogP contribution is -2.11. The summed E-state index contributed by atoms with van der Waals surface area (Å²) in [4.78, 5) is 9.19. The summed E-state index contributed by atoms with van der Waals surface area (Å²) in [6.07, 6.45) is 2.69. The molecule has 0 fully saturated rings. The van der Waals surface area contributed by atoms with Crippen LogP contribution in [0.2, 0.25) is 0 Å². The number of nitrogens with zero attached hydrogens (tertiary/aromatic N) is 4. The molecule has 2 aromatic heterocycles. The molecule has 0 aliphatic carbocycles. The first-order valence-corrected chi connectivity index (χ1v) is 8.40. The van der Waals surface area contributed by atoms with Crippen LogP contribution in [-0.2, 0) is 18.3 Å². The average molecular weight is 340 g/mol. The van der Waals surface area contributed by atoms with Crippen LogP contribution in [0.1, 0.15) is 17.5 Å². The van der Waals surface area contributed by atoms with Gasteiger partial charge in [0.15, 0.2) is 5.65 Å². The van der Waals surface area contributed by atoms with E-state index in [1.54, 1.807) is 18.0 Å². The van der Waals surface area contributed by atoms with Crippen LogP contribution in [0, 0.1) is 6.92 Å². The molecule has 25 heavy (non-hydrogen) atoms. The summed E-state index contributed by atoms with van der Waals surface area (Å²) in [6.45, 7) is 4.28. The van der Waals surface area contributed by atoms with E-state index >= 15 is 0 Å². The van der Waals surface area contributed by atoms with E-state index in [1.165, 1.54) is 11.1 Å². The average Bonchev–Trinajstić information content (AvgIpc) is 2.99. The highest BCUT2D eigenvalue weighted by molar-refractivity contribution is 5.87. The SMILES string of the molecule is COCCCNc1nc(NCc2ccccc2C)c2cnn(C)c2n1. The van der Waals surface area contributed by atoms with Gasteiger partial charge < -0.3 is 15.4 Å². The number of hydrogen-bond donors (Lipinski definition) is 2. The van der Waals surface area contributed by atoms with Crippen LogP contribution in [0.3, 0.4) is 0 Å². The van der Waals surface area contributed by atoms with E-state index in [2.05, 4.69) is 44.8 Å². The largest absolute Gasteiger partial charge is 0.385 e. The molecular weight excluding hydrogens is 316 g/mol. The molecule has 0 unspecified atom stereocenters. The van der Waals surface area contributed by atoms with Crippen molar-refractivity contribution >= 4 is 22.8 Å². The second-order valence-electron chi connectivity index (χ2n) is 5.95. The van der Waals surface area contributed by atoms with Crippen LogP contribution in [0.25, 0.3) is 11.0 Å². The van der Waals surface area contributed by atoms with Crippen LogP contribution in [0.4, 0.5) is 11.8 Å². The Balaban J connectivity index is 1.81. The number of anilines is 2. The number of rotatable bonds is 8. The topological polar surface area (TPSA) is 76.9 Å². The predicted octanol–water partition coefficient (Wildman–Crippen LogP) is 2.73. The minimum Gasteiger partial charge on any atom is -0.385 e. The van der Waals surface area contributed by atoms with Crippen LogP contribution < -0.4 is 10.6 Å². The lowest BCUT2D eigenvalue weighted by atomic mass is 10.1. The highest BCUT2D eigenvalue weighted by Gasteiger charge is 2.11. The molecule has 0 amide bonds. The third-order valence-corrected chi connectivity index (χ3v) is 4.11. The zero-order valence-electron chi connectivity index (χ0n) is 14.9. The summed E-state index contributed by atoms with van der Waals surface area (Å²) >= 11 is 0. The Morgan fingerprint density at radius 2 is 2.00 bits per heavy atom. The molecule has 2 heterocycles. The van der Waals surface area contributed by atoms with Gasteiger partial charge in [0.1, 0.15) is 5.82 Å². The van der Waals surface area contributed by atoms with E-state index in [0.29, 0.717) is 19.1 Å². The van der Waals surface area contributed by atoms with Gasteiger partial charge in [-0.15, -0.1) is 0 Å². The van der Waals surface area contributed by atoms with Gasteiger partial charge in [0.05, 0.1) is 11.6 Å². The third-order valence-electron chi connectivity index (χ3n) is 4.11. The Morgan fingerprint density at radius 1 is 1.16 bits per heavy atom. The van der Waals surface area contributed by atoms with Gasteiger partial charge in [-0.25, -0.2) is 0 Å². The molecule has 0 spiro atoms. The monoisotopic (exact) mass is 340 g/mol. The lowest BCUT2D eigenvalue weighted by molar-refractivity contribution is 0.197. The van der Waals surface area contributed by atoms with Crippen molar-refractivity contribution in [2.75, 3.05) is 30.9 Å². The van der Waals surface area contributed by atoms with Crippen molar-refractivity contribution in [3.8, 4) is 0 Å². The molecule has 3 rings (SSSR count). The fraction of sp³-hybridized carbons (Fsp3) is 0.389. The van der Waals surface area contributed by atoms with Crippen molar-refractivity contribution in [2.24, 2.45) is 7.05 Å². The first-order valence-electron chi connectivity index (χ1n) is 8.40. The van der Waals surface area contributed by atoms with Crippen molar-refractivity contribution in [1.29, 1.82) is 0 Å². The molecule has 3 aromatic rings. The fourth-order valence-electron chi connectivity index (χ4n) is 2.64. The lowest BCUT2D eigenvalue weighted by Gasteiger charge is -2.11. The first-order chi connectivity index (χ1) is 12.2. The number of aromatic nitrogens is 4. The van der Waals surface area contributed by atoms with Crippen LogP contribution in [0.15, 0.2) is 30.5 Å². The van der Waals surface area contributed by atoms with Crippen molar-refractivity contribution in [2.45, 2.75) is 19.9 Å². The molecule has 7 nitrogen and oxygen atoms in total. The molecule has 0 saturated carbocycles. The highest BCUT2D eigenvalue weighted by atomic mass is 16.5. The Labute approximate surface area is 147 Å². The number of aryl methyl sites for hydroxylation is 2. The maximum absolute atomic E-state index is 5.07. The Kier molecular flexibility index (Phi) is 5.45. The summed E-state index contributed by atoms with van der Waals surface area (Å²) in [7, 11) is 3.58. The summed E-state index contributed by atoms with van der Waals surface area (Å²) < 4.78 is 6.83. The number of fused-ring (bicyclic) bond motifs is 1. The molecule has 0 saturated heterocycles. The van der Waals surface area contributed by atoms with Gasteiger partial charge in [-0.05, 0) is 24.5 Å². The smallest absolute Gasteiger partial charge is 0.226 e. The third kappa shape index (κ3) is 4.06. The van der Waals surface area contributed by atoms with Crippen LogP contribution in [-0.4, -0.2) is 40.0 Å². The molecule has 0 aliphatic rings. The first kappa shape index (κ1) is 17.2. The Bertz CT molecular complexity index is 845. The molecule has 0 radical (unpaired) electrons. The normalized spacial score (nSPS) is 11.0. The van der Waals surface area contributed by atoms with E-state index in [-0.39, 0.29) is 0 Å². The summed E-state index contributed by atoms with van der Waals surface area (Å²) in [5, 5.41) is 11.9. The van der Waals surface area contributed by atoms with Crippen molar-refractivity contribution < 1.29 is 4.74 Å². The summed E-state index contributed by atoms with van der Waals surface area (Å²) in [5.74, 6) is 1.38. The van der Waals surface area contributed by atoms with Crippen LogP contribution >= 0.6 is 0 Å². The van der Waals surface area contributed by atoms with Gasteiger partial charge >= 0.3 is 0 Å².